The summed E-state index contributed by atoms with van der Waals surface area (Å²) in [4.78, 5) is 14.6. The lowest BCUT2D eigenvalue weighted by Crippen LogP contribution is -2.46. The van der Waals surface area contributed by atoms with Gasteiger partial charge in [0.25, 0.3) is 0 Å². The topological polar surface area (TPSA) is 62.2 Å². The van der Waals surface area contributed by atoms with E-state index in [-0.39, 0.29) is 0 Å². The molecule has 14 heavy (non-hydrogen) atoms. The van der Waals surface area contributed by atoms with Crippen LogP contribution in [0.3, 0.4) is 0 Å². The summed E-state index contributed by atoms with van der Waals surface area (Å²) >= 11 is 0. The maximum atomic E-state index is 10.8. The van der Waals surface area contributed by atoms with Gasteiger partial charge in [0.05, 0.1) is 0 Å². The molecule has 0 aliphatic heterocycles. The summed E-state index contributed by atoms with van der Waals surface area (Å²) in [6, 6.07) is 3.70. The van der Waals surface area contributed by atoms with Gasteiger partial charge in [-0.1, -0.05) is 0 Å². The largest absolute Gasteiger partial charge is 0.480 e. The molecule has 2 N–H and O–H groups in total. The number of rotatable bonds is 4. The summed E-state index contributed by atoms with van der Waals surface area (Å²) < 4.78 is 0. The van der Waals surface area contributed by atoms with Crippen LogP contribution >= 0.6 is 0 Å². The lowest BCUT2D eigenvalue weighted by molar-refractivity contribution is -0.143. The zero-order valence-electron chi connectivity index (χ0n) is 8.32. The first kappa shape index (κ1) is 10.7. The Bertz CT molecular complexity index is 309. The van der Waals surface area contributed by atoms with E-state index >= 15 is 0 Å². The van der Waals surface area contributed by atoms with Gasteiger partial charge in [-0.15, -0.1) is 0 Å². The van der Waals surface area contributed by atoms with E-state index in [2.05, 4.69) is 10.3 Å². The number of nitrogens with zero attached hydrogens (tertiary/aromatic N) is 1. The van der Waals surface area contributed by atoms with Crippen LogP contribution < -0.4 is 5.32 Å². The van der Waals surface area contributed by atoms with E-state index in [1.807, 2.05) is 12.1 Å². The first-order chi connectivity index (χ1) is 6.52. The first-order valence-corrected chi connectivity index (χ1v) is 4.40. The number of nitrogens with one attached hydrogen (secondary N) is 1. The second-order valence-electron chi connectivity index (χ2n) is 3.64. The van der Waals surface area contributed by atoms with Gasteiger partial charge in [-0.05, 0) is 31.5 Å². The molecule has 0 unspecified atom stereocenters. The van der Waals surface area contributed by atoms with Gasteiger partial charge < -0.3 is 5.11 Å². The van der Waals surface area contributed by atoms with Crippen molar-refractivity contribution < 1.29 is 9.90 Å². The predicted molar refractivity (Wildman–Crippen MR) is 52.8 cm³/mol. The molecule has 0 saturated carbocycles. The van der Waals surface area contributed by atoms with Crippen LogP contribution in [0.1, 0.15) is 19.4 Å². The summed E-state index contributed by atoms with van der Waals surface area (Å²) in [6.07, 6.45) is 3.37. The molecule has 0 aliphatic carbocycles. The van der Waals surface area contributed by atoms with Gasteiger partial charge in [0.1, 0.15) is 5.54 Å². The molecule has 1 aromatic rings. The Morgan fingerprint density at radius 2 is 2.07 bits per heavy atom. The quantitative estimate of drug-likeness (QED) is 0.751. The zero-order chi connectivity index (χ0) is 10.6. The van der Waals surface area contributed by atoms with E-state index in [9.17, 15) is 4.79 Å². The molecule has 4 nitrogen and oxygen atoms in total. The van der Waals surface area contributed by atoms with Crippen LogP contribution in [0.2, 0.25) is 0 Å². The molecule has 1 aromatic heterocycles. The third-order valence-corrected chi connectivity index (χ3v) is 2.02. The van der Waals surface area contributed by atoms with Gasteiger partial charge in [0, 0.05) is 18.9 Å². The van der Waals surface area contributed by atoms with Gasteiger partial charge in [-0.3, -0.25) is 15.1 Å². The van der Waals surface area contributed by atoms with Crippen molar-refractivity contribution in [2.24, 2.45) is 0 Å². The van der Waals surface area contributed by atoms with Crippen molar-refractivity contribution in [3.05, 3.63) is 30.1 Å². The number of aromatic nitrogens is 1. The molecule has 0 bridgehead atoms. The molecule has 4 heteroatoms. The molecule has 0 aliphatic rings. The van der Waals surface area contributed by atoms with Crippen molar-refractivity contribution in [2.45, 2.75) is 25.9 Å². The maximum absolute atomic E-state index is 10.8. The van der Waals surface area contributed by atoms with Gasteiger partial charge in [-0.25, -0.2) is 0 Å². The number of carboxylic acids is 1. The number of hydrogen-bond donors (Lipinski definition) is 2. The molecule has 0 amide bonds. The number of carbonyl (C=O) groups is 1. The molecule has 0 spiro atoms. The minimum Gasteiger partial charge on any atom is -0.480 e. The molecule has 0 aromatic carbocycles. The number of pyridine rings is 1. The van der Waals surface area contributed by atoms with E-state index in [4.69, 9.17) is 5.11 Å². The molecule has 0 saturated heterocycles. The Hall–Kier alpha value is -1.42. The highest BCUT2D eigenvalue weighted by Gasteiger charge is 2.25. The van der Waals surface area contributed by atoms with E-state index in [0.717, 1.165) is 5.56 Å². The monoisotopic (exact) mass is 194 g/mol. The second kappa shape index (κ2) is 4.19. The van der Waals surface area contributed by atoms with Crippen molar-refractivity contribution in [3.8, 4) is 0 Å². The summed E-state index contributed by atoms with van der Waals surface area (Å²) in [5.41, 5.74) is 0.123. The molecule has 0 atom stereocenters. The summed E-state index contributed by atoms with van der Waals surface area (Å²) in [6.45, 7) is 3.80. The summed E-state index contributed by atoms with van der Waals surface area (Å²) in [7, 11) is 0. The highest BCUT2D eigenvalue weighted by molar-refractivity contribution is 5.77. The lowest BCUT2D eigenvalue weighted by Gasteiger charge is -2.20. The minimum absolute atomic E-state index is 0.530. The van der Waals surface area contributed by atoms with E-state index < -0.39 is 11.5 Å². The average molecular weight is 194 g/mol. The SMILES string of the molecule is CC(C)(NCc1ccncc1)C(=O)O. The number of carboxylic acid groups (broad SMARTS) is 1. The Morgan fingerprint density at radius 3 is 2.57 bits per heavy atom. The fourth-order valence-electron chi connectivity index (χ4n) is 0.899. The van der Waals surface area contributed by atoms with Crippen LogP contribution in [0.4, 0.5) is 0 Å². The summed E-state index contributed by atoms with van der Waals surface area (Å²) in [5.74, 6) is -0.855. The third-order valence-electron chi connectivity index (χ3n) is 2.02. The van der Waals surface area contributed by atoms with Crippen molar-refractivity contribution in [1.29, 1.82) is 0 Å². The van der Waals surface area contributed by atoms with Crippen molar-refractivity contribution >= 4 is 5.97 Å². The Balaban J connectivity index is 2.53. The van der Waals surface area contributed by atoms with E-state index in [1.54, 1.807) is 26.2 Å². The molecule has 0 fully saturated rings. The minimum atomic E-state index is -0.900. The van der Waals surface area contributed by atoms with Gasteiger partial charge in [0.2, 0.25) is 0 Å². The summed E-state index contributed by atoms with van der Waals surface area (Å²) in [5, 5.41) is 11.8. The maximum Gasteiger partial charge on any atom is 0.323 e. The molecular formula is C10H14N2O2. The molecule has 0 radical (unpaired) electrons. The van der Waals surface area contributed by atoms with Crippen LogP contribution in [0.25, 0.3) is 0 Å². The van der Waals surface area contributed by atoms with Crippen LogP contribution in [0.15, 0.2) is 24.5 Å². The number of hydrogen-bond acceptors (Lipinski definition) is 3. The Morgan fingerprint density at radius 1 is 1.50 bits per heavy atom. The normalized spacial score (nSPS) is 11.3. The third kappa shape index (κ3) is 2.81. The Labute approximate surface area is 83.0 Å². The average Bonchev–Trinajstić information content (AvgIpc) is 2.16. The lowest BCUT2D eigenvalue weighted by atomic mass is 10.1. The molecular weight excluding hydrogens is 180 g/mol. The number of aliphatic carboxylic acids is 1. The van der Waals surface area contributed by atoms with Crippen LogP contribution in [-0.2, 0) is 11.3 Å². The fraction of sp³-hybridized carbons (Fsp3) is 0.400. The van der Waals surface area contributed by atoms with Gasteiger partial charge in [-0.2, -0.15) is 0 Å². The van der Waals surface area contributed by atoms with Crippen molar-refractivity contribution in [1.82, 2.24) is 10.3 Å². The van der Waals surface area contributed by atoms with Crippen LogP contribution in [-0.4, -0.2) is 21.6 Å². The van der Waals surface area contributed by atoms with Gasteiger partial charge >= 0.3 is 5.97 Å². The van der Waals surface area contributed by atoms with Crippen molar-refractivity contribution in [3.63, 3.8) is 0 Å². The zero-order valence-corrected chi connectivity index (χ0v) is 8.32. The Kier molecular flexibility index (Phi) is 3.19. The van der Waals surface area contributed by atoms with E-state index in [0.29, 0.717) is 6.54 Å². The predicted octanol–water partition coefficient (Wildman–Crippen LogP) is 1.03. The standard InChI is InChI=1S/C10H14N2O2/c1-10(2,9(13)14)12-7-8-3-5-11-6-4-8/h3-6,12H,7H2,1-2H3,(H,13,14). The molecule has 1 rings (SSSR count). The van der Waals surface area contributed by atoms with Crippen LogP contribution in [0.5, 0.6) is 0 Å². The highest BCUT2D eigenvalue weighted by Crippen LogP contribution is 2.04. The molecule has 1 heterocycles. The fourth-order valence-corrected chi connectivity index (χ4v) is 0.899. The first-order valence-electron chi connectivity index (χ1n) is 4.40. The van der Waals surface area contributed by atoms with E-state index in [1.165, 1.54) is 0 Å². The van der Waals surface area contributed by atoms with Gasteiger partial charge in [0.15, 0.2) is 0 Å². The van der Waals surface area contributed by atoms with Crippen LogP contribution in [0, 0.1) is 0 Å². The smallest absolute Gasteiger partial charge is 0.323 e. The second-order valence-corrected chi connectivity index (χ2v) is 3.64. The van der Waals surface area contributed by atoms with Crippen molar-refractivity contribution in [2.75, 3.05) is 0 Å². The highest BCUT2D eigenvalue weighted by atomic mass is 16.4. The molecule has 76 valence electrons.